The van der Waals surface area contributed by atoms with Gasteiger partial charge < -0.3 is 0 Å². The van der Waals surface area contributed by atoms with Crippen molar-refractivity contribution < 1.29 is 9.59 Å². The Labute approximate surface area is 164 Å². The molecule has 0 saturated carbocycles. The van der Waals surface area contributed by atoms with E-state index in [2.05, 4.69) is 19.9 Å². The highest BCUT2D eigenvalue weighted by molar-refractivity contribution is 7.10. The summed E-state index contributed by atoms with van der Waals surface area (Å²) in [5.41, 5.74) is 4.78. The molecule has 27 heavy (non-hydrogen) atoms. The Morgan fingerprint density at radius 3 is 2.41 bits per heavy atom. The van der Waals surface area contributed by atoms with E-state index in [1.54, 1.807) is 11.3 Å². The number of ketones is 1. The molecule has 1 aromatic heterocycles. The molecule has 1 aliphatic carbocycles. The second kappa shape index (κ2) is 6.45. The van der Waals surface area contributed by atoms with Crippen molar-refractivity contribution in [3.05, 3.63) is 63.0 Å². The Morgan fingerprint density at radius 1 is 1.07 bits per heavy atom. The summed E-state index contributed by atoms with van der Waals surface area (Å²) in [6, 6.07) is 10.3. The van der Waals surface area contributed by atoms with Crippen LogP contribution in [0, 0.1) is 19.3 Å². The van der Waals surface area contributed by atoms with Gasteiger partial charge in [0.2, 0.25) is 5.91 Å². The Balaban J connectivity index is 1.92. The molecule has 2 heterocycles. The van der Waals surface area contributed by atoms with Crippen molar-refractivity contribution in [3.8, 4) is 0 Å². The van der Waals surface area contributed by atoms with Gasteiger partial charge in [0.1, 0.15) is 0 Å². The number of Topliss-reactive ketones (excluding diaryl/α,β-unsaturated/α-hetero) is 1. The predicted octanol–water partition coefficient (Wildman–Crippen LogP) is 5.53. The van der Waals surface area contributed by atoms with Crippen LogP contribution in [-0.4, -0.2) is 11.7 Å². The first-order valence-electron chi connectivity index (χ1n) is 9.46. The van der Waals surface area contributed by atoms with Crippen LogP contribution in [0.4, 0.5) is 5.69 Å². The number of anilines is 1. The molecule has 3 nitrogen and oxygen atoms in total. The Morgan fingerprint density at radius 2 is 1.78 bits per heavy atom. The highest BCUT2D eigenvalue weighted by atomic mass is 32.1. The number of allylic oxidation sites excluding steroid dienone is 2. The lowest BCUT2D eigenvalue weighted by Gasteiger charge is -2.42. The molecule has 0 fully saturated rings. The van der Waals surface area contributed by atoms with Crippen LogP contribution in [0.5, 0.6) is 0 Å². The van der Waals surface area contributed by atoms with Gasteiger partial charge in [-0.15, -0.1) is 11.3 Å². The van der Waals surface area contributed by atoms with E-state index < -0.39 is 0 Å². The number of hydrogen-bond donors (Lipinski definition) is 0. The van der Waals surface area contributed by atoms with E-state index in [0.717, 1.165) is 39.4 Å². The molecule has 1 aliphatic heterocycles. The molecule has 4 heteroatoms. The van der Waals surface area contributed by atoms with E-state index in [9.17, 15) is 9.59 Å². The number of benzene rings is 1. The third-order valence-electron chi connectivity index (χ3n) is 5.49. The molecule has 0 bridgehead atoms. The Bertz CT molecular complexity index is 933. The predicted molar refractivity (Wildman–Crippen MR) is 110 cm³/mol. The number of thiophene rings is 1. The Hall–Kier alpha value is -2.20. The van der Waals surface area contributed by atoms with Crippen molar-refractivity contribution in [1.82, 2.24) is 0 Å². The van der Waals surface area contributed by atoms with Gasteiger partial charge in [0.25, 0.3) is 0 Å². The van der Waals surface area contributed by atoms with Gasteiger partial charge in [-0.05, 0) is 60.4 Å². The van der Waals surface area contributed by atoms with E-state index in [0.29, 0.717) is 12.8 Å². The summed E-state index contributed by atoms with van der Waals surface area (Å²) in [6.45, 7) is 8.33. The van der Waals surface area contributed by atoms with Crippen LogP contribution in [0.1, 0.15) is 55.0 Å². The largest absolute Gasteiger partial charge is 0.294 e. The number of rotatable bonds is 2. The van der Waals surface area contributed by atoms with E-state index in [1.807, 2.05) is 48.4 Å². The van der Waals surface area contributed by atoms with E-state index in [4.69, 9.17) is 0 Å². The van der Waals surface area contributed by atoms with Gasteiger partial charge in [-0.2, -0.15) is 0 Å². The fourth-order valence-electron chi connectivity index (χ4n) is 4.53. The first-order valence-corrected chi connectivity index (χ1v) is 10.3. The molecule has 4 rings (SSSR count). The minimum Gasteiger partial charge on any atom is -0.294 e. The van der Waals surface area contributed by atoms with Crippen LogP contribution < -0.4 is 4.90 Å². The van der Waals surface area contributed by atoms with Crippen molar-refractivity contribution in [2.45, 2.75) is 52.9 Å². The summed E-state index contributed by atoms with van der Waals surface area (Å²) < 4.78 is 0. The average Bonchev–Trinajstić information content (AvgIpc) is 3.05. The number of amides is 1. The fraction of sp³-hybridized carbons (Fsp3) is 0.391. The van der Waals surface area contributed by atoms with E-state index in [1.165, 1.54) is 0 Å². The number of carbonyl (C=O) groups excluding carboxylic acids is 2. The molecule has 1 atom stereocenters. The molecule has 0 radical (unpaired) electrons. The zero-order valence-electron chi connectivity index (χ0n) is 16.3. The SMILES string of the molecule is Cc1cc(C)cc(N2C(=O)CC(c3cccs3)C3=C2CC(C)(C)CC3=O)c1. The average molecular weight is 380 g/mol. The quantitative estimate of drug-likeness (QED) is 0.688. The van der Waals surface area contributed by atoms with Crippen molar-refractivity contribution >= 4 is 28.7 Å². The summed E-state index contributed by atoms with van der Waals surface area (Å²) in [6.07, 6.45) is 1.65. The highest BCUT2D eigenvalue weighted by Gasteiger charge is 2.44. The van der Waals surface area contributed by atoms with Gasteiger partial charge >= 0.3 is 0 Å². The van der Waals surface area contributed by atoms with Crippen molar-refractivity contribution in [1.29, 1.82) is 0 Å². The zero-order chi connectivity index (χ0) is 19.3. The lowest BCUT2D eigenvalue weighted by Crippen LogP contribution is -2.43. The third kappa shape index (κ3) is 3.27. The highest BCUT2D eigenvalue weighted by Crippen LogP contribution is 2.48. The van der Waals surface area contributed by atoms with Crippen LogP contribution in [0.25, 0.3) is 0 Å². The molecule has 1 aromatic carbocycles. The smallest absolute Gasteiger partial charge is 0.232 e. The van der Waals surface area contributed by atoms with Gasteiger partial charge in [0, 0.05) is 40.6 Å². The molecule has 2 aliphatic rings. The van der Waals surface area contributed by atoms with Gasteiger partial charge in [0.05, 0.1) is 0 Å². The number of carbonyl (C=O) groups is 2. The minimum atomic E-state index is -0.134. The summed E-state index contributed by atoms with van der Waals surface area (Å²) in [5, 5.41) is 2.02. The first-order chi connectivity index (χ1) is 12.7. The number of nitrogens with zero attached hydrogens (tertiary/aromatic N) is 1. The summed E-state index contributed by atoms with van der Waals surface area (Å²) in [5.74, 6) is 0.183. The van der Waals surface area contributed by atoms with Crippen molar-refractivity contribution in [2.24, 2.45) is 5.41 Å². The van der Waals surface area contributed by atoms with Crippen molar-refractivity contribution in [3.63, 3.8) is 0 Å². The van der Waals surface area contributed by atoms with Gasteiger partial charge in [0.15, 0.2) is 5.78 Å². The number of hydrogen-bond acceptors (Lipinski definition) is 3. The summed E-state index contributed by atoms with van der Waals surface area (Å²) >= 11 is 1.63. The molecule has 140 valence electrons. The zero-order valence-corrected chi connectivity index (χ0v) is 17.2. The van der Waals surface area contributed by atoms with Crippen LogP contribution >= 0.6 is 11.3 Å². The van der Waals surface area contributed by atoms with Gasteiger partial charge in [-0.1, -0.05) is 26.0 Å². The van der Waals surface area contributed by atoms with Gasteiger partial charge in [-0.25, -0.2) is 0 Å². The fourth-order valence-corrected chi connectivity index (χ4v) is 5.36. The van der Waals surface area contributed by atoms with Crippen molar-refractivity contribution in [2.75, 3.05) is 4.90 Å². The maximum atomic E-state index is 13.3. The van der Waals surface area contributed by atoms with Gasteiger partial charge in [-0.3, -0.25) is 14.5 Å². The van der Waals surface area contributed by atoms with Crippen LogP contribution in [0.15, 0.2) is 47.0 Å². The van der Waals surface area contributed by atoms with E-state index >= 15 is 0 Å². The molecule has 1 amide bonds. The molecular weight excluding hydrogens is 354 g/mol. The molecule has 2 aromatic rings. The maximum Gasteiger partial charge on any atom is 0.232 e. The summed E-state index contributed by atoms with van der Waals surface area (Å²) in [4.78, 5) is 29.4. The molecule has 0 spiro atoms. The van der Waals surface area contributed by atoms with Crippen LogP contribution in [0.3, 0.4) is 0 Å². The second-order valence-electron chi connectivity index (χ2n) is 8.65. The lowest BCUT2D eigenvalue weighted by molar-refractivity contribution is -0.120. The topological polar surface area (TPSA) is 37.4 Å². The standard InChI is InChI=1S/C23H25NO2S/c1-14-8-15(2)10-16(9-14)24-18-12-23(3,4)13-19(25)22(18)17(11-21(24)26)20-6-5-7-27-20/h5-10,17H,11-13H2,1-4H3. The van der Waals surface area contributed by atoms with E-state index in [-0.39, 0.29) is 23.0 Å². The van der Waals surface area contributed by atoms with Crippen LogP contribution in [0.2, 0.25) is 0 Å². The normalized spacial score (nSPS) is 22.2. The molecule has 0 N–H and O–H groups in total. The third-order valence-corrected chi connectivity index (χ3v) is 6.48. The Kier molecular flexibility index (Phi) is 4.34. The van der Waals surface area contributed by atoms with Crippen LogP contribution in [-0.2, 0) is 9.59 Å². The minimum absolute atomic E-state index is 0.0858. The number of aryl methyl sites for hydroxylation is 2. The first kappa shape index (κ1) is 18.2. The lowest BCUT2D eigenvalue weighted by atomic mass is 9.70. The second-order valence-corrected chi connectivity index (χ2v) is 9.63. The maximum absolute atomic E-state index is 13.3. The molecular formula is C23H25NO2S. The summed E-state index contributed by atoms with van der Waals surface area (Å²) in [7, 11) is 0. The monoisotopic (exact) mass is 379 g/mol. The molecule has 0 saturated heterocycles. The molecule has 1 unspecified atom stereocenters.